The maximum absolute atomic E-state index is 14.1. The van der Waals surface area contributed by atoms with Crippen molar-refractivity contribution in [2.24, 2.45) is 5.16 Å². The number of carbonyl (C=O) groups excluding carboxylic acids is 4. The molecule has 2 aliphatic rings. The summed E-state index contributed by atoms with van der Waals surface area (Å²) in [4.78, 5) is 66.3. The predicted octanol–water partition coefficient (Wildman–Crippen LogP) is 5.02. The number of benzene rings is 2. The molecule has 0 bridgehead atoms. The molecule has 4 aromatic rings. The molecule has 0 spiro atoms. The van der Waals surface area contributed by atoms with Gasteiger partial charge in [-0.2, -0.15) is 4.80 Å². The van der Waals surface area contributed by atoms with Crippen molar-refractivity contribution in [1.29, 1.82) is 0 Å². The van der Waals surface area contributed by atoms with Crippen LogP contribution in [0.1, 0.15) is 84.1 Å². The Kier molecular flexibility index (Phi) is 12.5. The van der Waals surface area contributed by atoms with Crippen molar-refractivity contribution >= 4 is 74.5 Å². The van der Waals surface area contributed by atoms with Crippen molar-refractivity contribution in [2.45, 2.75) is 89.7 Å². The van der Waals surface area contributed by atoms with Crippen LogP contribution in [0.3, 0.4) is 0 Å². The van der Waals surface area contributed by atoms with Gasteiger partial charge in [0.1, 0.15) is 34.4 Å². The summed E-state index contributed by atoms with van der Waals surface area (Å²) < 4.78 is 24.5. The van der Waals surface area contributed by atoms with E-state index in [-0.39, 0.29) is 34.0 Å². The number of rotatable bonds is 12. The number of hydrogen-bond acceptors (Lipinski definition) is 14. The Morgan fingerprint density at radius 3 is 2.17 bits per heavy atom. The number of amides is 3. The van der Waals surface area contributed by atoms with Gasteiger partial charge in [0, 0.05) is 11.0 Å². The Balaban J connectivity index is 1.28. The van der Waals surface area contributed by atoms with Crippen LogP contribution >= 0.6 is 22.9 Å². The predicted molar refractivity (Wildman–Crippen MR) is 221 cm³/mol. The zero-order valence-corrected chi connectivity index (χ0v) is 36.0. The highest BCUT2D eigenvalue weighted by atomic mass is 35.5. The molecular weight excluding hydrogens is 822 g/mol. The first-order chi connectivity index (χ1) is 27.8. The summed E-state index contributed by atoms with van der Waals surface area (Å²) in [6.07, 6.45) is -0.783. The SMILES string of the molecule is CC(C)(C)OC(=O)Nc1nc(/C(=N/OC(C)(C)C(=O)OC(C)(C)C)C(=O)N[C@@H]2C(=O)N3C(c4nnn(C(c5ccccc5)c5ccccc5)n4)=C(CCl)C[S+]([O-])[C@H]23)cs1. The summed E-state index contributed by atoms with van der Waals surface area (Å²) in [7, 11) is 0. The summed E-state index contributed by atoms with van der Waals surface area (Å²) in [6, 6.07) is 17.5. The minimum atomic E-state index is -1.73. The van der Waals surface area contributed by atoms with Crippen molar-refractivity contribution in [3.8, 4) is 0 Å². The van der Waals surface area contributed by atoms with Gasteiger partial charge in [0.25, 0.3) is 11.8 Å². The van der Waals surface area contributed by atoms with Gasteiger partial charge in [0.15, 0.2) is 16.9 Å². The molecule has 17 nitrogen and oxygen atoms in total. The van der Waals surface area contributed by atoms with E-state index in [0.29, 0.717) is 5.57 Å². The molecule has 312 valence electrons. The molecule has 3 amide bonds. The maximum atomic E-state index is 14.1. The van der Waals surface area contributed by atoms with Crippen LogP contribution in [0.2, 0.25) is 0 Å². The van der Waals surface area contributed by atoms with Crippen LogP contribution < -0.4 is 10.6 Å². The maximum Gasteiger partial charge on any atom is 0.413 e. The van der Waals surface area contributed by atoms with E-state index in [9.17, 15) is 23.7 Å². The number of halogens is 1. The molecule has 6 rings (SSSR count). The fourth-order valence-corrected chi connectivity index (χ4v) is 8.67. The first kappa shape index (κ1) is 43.2. The van der Waals surface area contributed by atoms with E-state index in [1.54, 1.807) is 41.5 Å². The minimum Gasteiger partial charge on any atom is -0.614 e. The van der Waals surface area contributed by atoms with Crippen LogP contribution in [0, 0.1) is 0 Å². The zero-order chi connectivity index (χ0) is 42.9. The van der Waals surface area contributed by atoms with Crippen LogP contribution in [0.5, 0.6) is 0 Å². The number of aromatic nitrogens is 5. The lowest BCUT2D eigenvalue weighted by molar-refractivity contribution is -0.179. The molecule has 2 aromatic heterocycles. The lowest BCUT2D eigenvalue weighted by atomic mass is 9.99. The first-order valence-electron chi connectivity index (χ1n) is 18.4. The summed E-state index contributed by atoms with van der Waals surface area (Å²) >= 11 is 5.61. The number of tetrazole rings is 1. The normalized spacial score (nSPS) is 18.6. The van der Waals surface area contributed by atoms with Gasteiger partial charge in [-0.15, -0.1) is 33.1 Å². The van der Waals surface area contributed by atoms with Crippen molar-refractivity contribution in [2.75, 3.05) is 16.9 Å². The number of nitrogens with zero attached hydrogens (tertiary/aromatic N) is 7. The fraction of sp³-hybridized carbons (Fsp3) is 0.410. The standard InChI is InChI=1S/C39H44ClN9O8S2/c1-37(2,3)55-34(52)39(7,8)57-46-26(25-20-58-35(41-25)43-36(53)56-38(4,5)6)31(50)42-27-32(51)48-29(24(19-40)21-59(54)33(27)48)30-44-47-49(45-30)28(22-15-11-9-12-16-22)23-17-13-10-14-18-23/h9-18,20,27-28,33H,19,21H2,1-8H3,(H,42,50)(H,41,43,53)/b46-26-/t27-,33-,59?/m1/s1. The van der Waals surface area contributed by atoms with E-state index in [1.165, 1.54) is 28.9 Å². The molecule has 1 saturated heterocycles. The highest BCUT2D eigenvalue weighted by Crippen LogP contribution is 2.41. The van der Waals surface area contributed by atoms with E-state index in [2.05, 4.69) is 31.1 Å². The van der Waals surface area contributed by atoms with E-state index >= 15 is 0 Å². The highest BCUT2D eigenvalue weighted by molar-refractivity contribution is 7.92. The number of carbonyl (C=O) groups is 4. The molecule has 4 heterocycles. The molecule has 2 aromatic carbocycles. The number of fused-ring (bicyclic) bond motifs is 1. The third kappa shape index (κ3) is 9.92. The minimum absolute atomic E-state index is 0.0328. The largest absolute Gasteiger partial charge is 0.614 e. The molecule has 3 atom stereocenters. The monoisotopic (exact) mass is 865 g/mol. The number of anilines is 1. The Bertz CT molecular complexity index is 2230. The second-order valence-corrected chi connectivity index (χ2v) is 18.7. The van der Waals surface area contributed by atoms with Gasteiger partial charge in [-0.3, -0.25) is 19.8 Å². The van der Waals surface area contributed by atoms with Crippen LogP contribution in [-0.4, -0.2) is 104 Å². The average molecular weight is 866 g/mol. The first-order valence-corrected chi connectivity index (χ1v) is 21.2. The number of thiazole rings is 1. The summed E-state index contributed by atoms with van der Waals surface area (Å²) in [5.74, 6) is -2.34. The molecule has 20 heteroatoms. The van der Waals surface area contributed by atoms with Gasteiger partial charge in [-0.05, 0) is 82.9 Å². The Hall–Kier alpha value is -5.37. The third-order valence-corrected chi connectivity index (χ3v) is 11.3. The van der Waals surface area contributed by atoms with Crippen LogP contribution in [-0.2, 0) is 39.9 Å². The van der Waals surface area contributed by atoms with Gasteiger partial charge >= 0.3 is 12.1 Å². The molecule has 0 radical (unpaired) electrons. The molecule has 1 unspecified atom stereocenters. The summed E-state index contributed by atoms with van der Waals surface area (Å²) in [5.41, 5.74) is -1.34. The number of alkyl halides is 1. The van der Waals surface area contributed by atoms with Crippen molar-refractivity contribution in [3.05, 3.63) is 94.3 Å². The number of esters is 1. The quantitative estimate of drug-likeness (QED) is 0.0480. The third-order valence-electron chi connectivity index (χ3n) is 8.58. The summed E-state index contributed by atoms with van der Waals surface area (Å²) in [5, 5.41) is 23.1. The molecule has 59 heavy (non-hydrogen) atoms. The lowest BCUT2D eigenvalue weighted by Crippen LogP contribution is -2.74. The van der Waals surface area contributed by atoms with Crippen LogP contribution in [0.25, 0.3) is 5.70 Å². The van der Waals surface area contributed by atoms with Crippen molar-refractivity contribution < 1.29 is 38.0 Å². The van der Waals surface area contributed by atoms with Gasteiger partial charge in [0.05, 0.1) is 5.88 Å². The Labute approximate surface area is 352 Å². The molecule has 1 fully saturated rings. The van der Waals surface area contributed by atoms with Crippen LogP contribution in [0.4, 0.5) is 9.93 Å². The fourth-order valence-electron chi connectivity index (χ4n) is 5.97. The second kappa shape index (κ2) is 17.1. The van der Waals surface area contributed by atoms with Gasteiger partial charge in [-0.1, -0.05) is 65.8 Å². The number of β-lactam (4-membered cyclic amide) rings is 1. The molecule has 2 N–H and O–H groups in total. The number of hydrogen-bond donors (Lipinski definition) is 2. The smallest absolute Gasteiger partial charge is 0.413 e. The number of ether oxygens (including phenoxy) is 2. The lowest BCUT2D eigenvalue weighted by Gasteiger charge is -2.49. The second-order valence-electron chi connectivity index (χ2n) is 16.0. The average Bonchev–Trinajstić information content (AvgIpc) is 3.83. The Morgan fingerprint density at radius 1 is 0.983 bits per heavy atom. The summed E-state index contributed by atoms with van der Waals surface area (Å²) in [6.45, 7) is 13.0. The molecular formula is C39H44ClN9O8S2. The topological polar surface area (TPSA) is 215 Å². The molecule has 0 aliphatic carbocycles. The highest BCUT2D eigenvalue weighted by Gasteiger charge is 2.60. The number of nitrogens with one attached hydrogen (secondary N) is 2. The molecule has 2 aliphatic heterocycles. The van der Waals surface area contributed by atoms with Gasteiger partial charge < -0.3 is 24.2 Å². The zero-order valence-electron chi connectivity index (χ0n) is 33.6. The van der Waals surface area contributed by atoms with Gasteiger partial charge in [0.2, 0.25) is 16.8 Å². The van der Waals surface area contributed by atoms with Crippen molar-refractivity contribution in [3.63, 3.8) is 0 Å². The Morgan fingerprint density at radius 2 is 1.59 bits per heavy atom. The van der Waals surface area contributed by atoms with E-state index in [1.807, 2.05) is 60.7 Å². The van der Waals surface area contributed by atoms with E-state index in [4.69, 9.17) is 31.0 Å². The van der Waals surface area contributed by atoms with E-state index in [0.717, 1.165) is 22.5 Å². The number of oxime groups is 1. The van der Waals surface area contributed by atoms with Crippen LogP contribution in [0.15, 0.2) is 76.8 Å². The molecule has 0 saturated carbocycles. The van der Waals surface area contributed by atoms with E-state index < -0.39 is 75.0 Å². The van der Waals surface area contributed by atoms with Crippen molar-refractivity contribution in [1.82, 2.24) is 35.4 Å². The van der Waals surface area contributed by atoms with Gasteiger partial charge in [-0.25, -0.2) is 14.6 Å².